The van der Waals surface area contributed by atoms with Crippen LogP contribution in [0.3, 0.4) is 0 Å². The fourth-order valence-corrected chi connectivity index (χ4v) is 3.79. The normalized spacial score (nSPS) is 28.6. The molecule has 2 nitrogen and oxygen atoms in total. The lowest BCUT2D eigenvalue weighted by atomic mass is 9.86. The van der Waals surface area contributed by atoms with E-state index in [1.54, 1.807) is 0 Å². The summed E-state index contributed by atoms with van der Waals surface area (Å²) in [6.07, 6.45) is 5.19. The van der Waals surface area contributed by atoms with Crippen LogP contribution < -0.4 is 5.32 Å². The van der Waals surface area contributed by atoms with Crippen molar-refractivity contribution >= 4 is 5.91 Å². The van der Waals surface area contributed by atoms with Crippen molar-refractivity contribution in [2.24, 2.45) is 11.8 Å². The van der Waals surface area contributed by atoms with Gasteiger partial charge in [-0.25, -0.2) is 0 Å². The topological polar surface area (TPSA) is 29.1 Å². The van der Waals surface area contributed by atoms with Crippen LogP contribution in [0.1, 0.15) is 62.4 Å². The second-order valence-corrected chi connectivity index (χ2v) is 7.58. The van der Waals surface area contributed by atoms with Crippen molar-refractivity contribution in [3.8, 4) is 0 Å². The minimum absolute atomic E-state index is 0.100. The van der Waals surface area contributed by atoms with E-state index >= 15 is 0 Å². The van der Waals surface area contributed by atoms with Crippen LogP contribution in [0.25, 0.3) is 0 Å². The Morgan fingerprint density at radius 1 is 1.10 bits per heavy atom. The third-order valence-corrected chi connectivity index (χ3v) is 5.07. The summed E-state index contributed by atoms with van der Waals surface area (Å²) >= 11 is 0. The first kappa shape index (κ1) is 13.7. The molecular weight excluding hydrogens is 246 g/mol. The lowest BCUT2D eigenvalue weighted by molar-refractivity contribution is 0.0923. The van der Waals surface area contributed by atoms with Gasteiger partial charge in [0, 0.05) is 11.6 Å². The summed E-state index contributed by atoms with van der Waals surface area (Å²) in [6, 6.07) is 8.50. The molecule has 3 rings (SSSR count). The average Bonchev–Trinajstić information content (AvgIpc) is 3.00. The van der Waals surface area contributed by atoms with Gasteiger partial charge in [-0.2, -0.15) is 0 Å². The first-order chi connectivity index (χ1) is 9.43. The molecule has 0 radical (unpaired) electrons. The van der Waals surface area contributed by atoms with E-state index in [1.807, 2.05) is 12.1 Å². The molecule has 1 aromatic rings. The highest BCUT2D eigenvalue weighted by Gasteiger charge is 2.40. The molecule has 3 atom stereocenters. The quantitative estimate of drug-likeness (QED) is 0.868. The van der Waals surface area contributed by atoms with E-state index in [2.05, 4.69) is 38.2 Å². The van der Waals surface area contributed by atoms with Crippen LogP contribution in [-0.4, -0.2) is 11.9 Å². The molecule has 2 saturated carbocycles. The fourth-order valence-electron chi connectivity index (χ4n) is 3.79. The summed E-state index contributed by atoms with van der Waals surface area (Å²) in [5.74, 6) is 1.70. The van der Waals surface area contributed by atoms with E-state index < -0.39 is 0 Å². The predicted octanol–water partition coefficient (Wildman–Crippen LogP) is 3.90. The Morgan fingerprint density at radius 3 is 2.30 bits per heavy atom. The molecule has 0 saturated heterocycles. The Morgan fingerprint density at radius 2 is 1.80 bits per heavy atom. The Hall–Kier alpha value is -1.31. The van der Waals surface area contributed by atoms with Gasteiger partial charge in [0.25, 0.3) is 5.91 Å². The van der Waals surface area contributed by atoms with Crippen LogP contribution in [-0.2, 0) is 5.41 Å². The molecule has 2 bridgehead atoms. The summed E-state index contributed by atoms with van der Waals surface area (Å²) < 4.78 is 0. The van der Waals surface area contributed by atoms with Crippen LogP contribution in [0, 0.1) is 11.8 Å². The summed E-state index contributed by atoms with van der Waals surface area (Å²) in [4.78, 5) is 12.3. The number of carbonyl (C=O) groups is 1. The number of benzene rings is 1. The SMILES string of the molecule is CC(C)(C)c1ccc(C(=O)N[C@@H]2C[C@@H]3CC[C@@H]2C3)cc1. The standard InChI is InChI=1S/C18H25NO/c1-18(2,3)15-8-6-13(7-9-15)17(20)19-16-11-12-4-5-14(16)10-12/h6-9,12,14,16H,4-5,10-11H2,1-3H3,(H,19,20)/t12-,14-,16-/m1/s1. The van der Waals surface area contributed by atoms with Gasteiger partial charge < -0.3 is 5.32 Å². The summed E-state index contributed by atoms with van der Waals surface area (Å²) in [5.41, 5.74) is 2.20. The van der Waals surface area contributed by atoms with Gasteiger partial charge in [0.2, 0.25) is 0 Å². The van der Waals surface area contributed by atoms with Crippen molar-refractivity contribution in [3.63, 3.8) is 0 Å². The molecule has 0 unspecified atom stereocenters. The van der Waals surface area contributed by atoms with Crippen LogP contribution in [0.2, 0.25) is 0 Å². The molecule has 1 amide bonds. The number of carbonyl (C=O) groups excluding carboxylic acids is 1. The first-order valence-electron chi connectivity index (χ1n) is 7.85. The Bertz CT molecular complexity index is 497. The molecule has 2 fully saturated rings. The number of hydrogen-bond donors (Lipinski definition) is 1. The van der Waals surface area contributed by atoms with Gasteiger partial charge >= 0.3 is 0 Å². The third-order valence-electron chi connectivity index (χ3n) is 5.07. The van der Waals surface area contributed by atoms with Crippen LogP contribution in [0.15, 0.2) is 24.3 Å². The van der Waals surface area contributed by atoms with E-state index in [0.717, 1.165) is 17.4 Å². The molecular formula is C18H25NO. The zero-order chi connectivity index (χ0) is 14.3. The number of amides is 1. The molecule has 2 aliphatic rings. The molecule has 2 aliphatic carbocycles. The van der Waals surface area contributed by atoms with Crippen LogP contribution in [0.4, 0.5) is 0 Å². The van der Waals surface area contributed by atoms with Crippen molar-refractivity contribution in [2.45, 2.75) is 57.9 Å². The maximum atomic E-state index is 12.3. The highest BCUT2D eigenvalue weighted by Crippen LogP contribution is 2.44. The minimum atomic E-state index is 0.100. The summed E-state index contributed by atoms with van der Waals surface area (Å²) in [7, 11) is 0. The van der Waals surface area contributed by atoms with Gasteiger partial charge in [0.1, 0.15) is 0 Å². The van der Waals surface area contributed by atoms with Crippen molar-refractivity contribution in [2.75, 3.05) is 0 Å². The summed E-state index contributed by atoms with van der Waals surface area (Å²) in [6.45, 7) is 6.58. The Kier molecular flexibility index (Phi) is 3.35. The van der Waals surface area contributed by atoms with E-state index in [9.17, 15) is 4.79 Å². The zero-order valence-electron chi connectivity index (χ0n) is 12.8. The Balaban J connectivity index is 1.65. The highest BCUT2D eigenvalue weighted by molar-refractivity contribution is 5.94. The molecule has 1 aromatic carbocycles. The van der Waals surface area contributed by atoms with Crippen molar-refractivity contribution in [1.29, 1.82) is 0 Å². The van der Waals surface area contributed by atoms with Crippen molar-refractivity contribution in [3.05, 3.63) is 35.4 Å². The molecule has 20 heavy (non-hydrogen) atoms. The second-order valence-electron chi connectivity index (χ2n) is 7.58. The maximum absolute atomic E-state index is 12.3. The number of hydrogen-bond acceptors (Lipinski definition) is 1. The number of rotatable bonds is 2. The molecule has 1 N–H and O–H groups in total. The van der Waals surface area contributed by atoms with E-state index in [-0.39, 0.29) is 11.3 Å². The number of fused-ring (bicyclic) bond motifs is 2. The van der Waals surface area contributed by atoms with Gasteiger partial charge in [0.15, 0.2) is 0 Å². The fraction of sp³-hybridized carbons (Fsp3) is 0.611. The van der Waals surface area contributed by atoms with Crippen LogP contribution >= 0.6 is 0 Å². The zero-order valence-corrected chi connectivity index (χ0v) is 12.8. The highest BCUT2D eigenvalue weighted by atomic mass is 16.1. The van der Waals surface area contributed by atoms with Gasteiger partial charge in [-0.15, -0.1) is 0 Å². The smallest absolute Gasteiger partial charge is 0.251 e. The molecule has 0 aromatic heterocycles. The van der Waals surface area contributed by atoms with E-state index in [4.69, 9.17) is 0 Å². The molecule has 108 valence electrons. The minimum Gasteiger partial charge on any atom is -0.349 e. The predicted molar refractivity (Wildman–Crippen MR) is 81.8 cm³/mol. The third kappa shape index (κ3) is 2.61. The number of nitrogens with one attached hydrogen (secondary N) is 1. The van der Waals surface area contributed by atoms with Crippen molar-refractivity contribution < 1.29 is 4.79 Å². The van der Waals surface area contributed by atoms with Crippen LogP contribution in [0.5, 0.6) is 0 Å². The molecule has 0 spiro atoms. The van der Waals surface area contributed by atoms with Crippen molar-refractivity contribution in [1.82, 2.24) is 5.32 Å². The molecule has 2 heteroatoms. The second kappa shape index (κ2) is 4.91. The largest absolute Gasteiger partial charge is 0.349 e. The molecule has 0 heterocycles. The Labute approximate surface area is 122 Å². The van der Waals surface area contributed by atoms with Gasteiger partial charge in [-0.05, 0) is 54.2 Å². The first-order valence-corrected chi connectivity index (χ1v) is 7.85. The summed E-state index contributed by atoms with van der Waals surface area (Å²) in [5, 5.41) is 3.25. The van der Waals surface area contributed by atoms with Gasteiger partial charge in [-0.3, -0.25) is 4.79 Å². The van der Waals surface area contributed by atoms with E-state index in [1.165, 1.54) is 31.2 Å². The van der Waals surface area contributed by atoms with Gasteiger partial charge in [0.05, 0.1) is 0 Å². The van der Waals surface area contributed by atoms with E-state index in [0.29, 0.717) is 6.04 Å². The van der Waals surface area contributed by atoms with Gasteiger partial charge in [-0.1, -0.05) is 39.3 Å². The monoisotopic (exact) mass is 271 g/mol. The maximum Gasteiger partial charge on any atom is 0.251 e. The average molecular weight is 271 g/mol. The lowest BCUT2D eigenvalue weighted by Gasteiger charge is -2.23. The molecule has 0 aliphatic heterocycles. The lowest BCUT2D eigenvalue weighted by Crippen LogP contribution is -2.38.